The van der Waals surface area contributed by atoms with Crippen LogP contribution in [-0.2, 0) is 25.3 Å². The van der Waals surface area contributed by atoms with Gasteiger partial charge in [-0.3, -0.25) is 4.79 Å². The number of aliphatic hydroxyl groups excluding tert-OH is 1. The van der Waals surface area contributed by atoms with E-state index in [0.29, 0.717) is 19.4 Å². The van der Waals surface area contributed by atoms with Gasteiger partial charge in [-0.2, -0.15) is 0 Å². The fraction of sp³-hybridized carbons (Fsp3) is 0.655. The second-order valence-electron chi connectivity index (χ2n) is 10.6. The quantitative estimate of drug-likeness (QED) is 0.307. The van der Waals surface area contributed by atoms with E-state index in [9.17, 15) is 14.7 Å². The van der Waals surface area contributed by atoms with Gasteiger partial charge in [-0.15, -0.1) is 6.58 Å². The first kappa shape index (κ1) is 29.6. The summed E-state index contributed by atoms with van der Waals surface area (Å²) >= 11 is 0. The minimum Gasteiger partial charge on any atom is -0.445 e. The molecule has 2 saturated heterocycles. The normalized spacial score (nSPS) is 27.8. The molecule has 1 aromatic rings. The number of fused-ring (bicyclic) bond motifs is 1. The Hall–Kier alpha value is -2.00. The number of rotatable bonds is 11. The van der Waals surface area contributed by atoms with E-state index in [1.54, 1.807) is 11.0 Å². The molecule has 8 heteroatoms. The molecule has 0 bridgehead atoms. The first-order chi connectivity index (χ1) is 17.7. The number of carbonyl (C=O) groups is 2. The maximum atomic E-state index is 13.9. The summed E-state index contributed by atoms with van der Waals surface area (Å²) in [5.74, 6) is -1.34. The molecule has 0 saturated carbocycles. The number of aliphatic hydroxyl groups is 1. The van der Waals surface area contributed by atoms with Crippen LogP contribution in [0.15, 0.2) is 43.0 Å². The van der Waals surface area contributed by atoms with Gasteiger partial charge in [-0.25, -0.2) is 4.79 Å². The molecule has 3 rings (SSSR count). The van der Waals surface area contributed by atoms with Crippen molar-refractivity contribution in [2.24, 2.45) is 11.8 Å². The molecular formula is C29H45NO6Si. The van der Waals surface area contributed by atoms with Gasteiger partial charge in [-0.1, -0.05) is 57.2 Å². The number of amides is 1. The largest absolute Gasteiger partial charge is 0.445 e. The molecule has 7 nitrogen and oxygen atoms in total. The summed E-state index contributed by atoms with van der Waals surface area (Å²) in [6.45, 7) is 14.9. The van der Waals surface area contributed by atoms with E-state index in [1.807, 2.05) is 44.2 Å². The number of piperidine rings is 1. The molecule has 1 amide bonds. The van der Waals surface area contributed by atoms with Crippen LogP contribution in [-0.4, -0.2) is 67.2 Å². The van der Waals surface area contributed by atoms with Crippen molar-refractivity contribution >= 4 is 20.2 Å². The highest BCUT2D eigenvalue weighted by Gasteiger charge is 2.52. The lowest BCUT2D eigenvalue weighted by molar-refractivity contribution is -0.178. The van der Waals surface area contributed by atoms with Crippen LogP contribution in [0.2, 0.25) is 18.1 Å². The number of hydrogen-bond acceptors (Lipinski definition) is 6. The third-order valence-corrected chi connectivity index (χ3v) is 13.2. The fourth-order valence-electron chi connectivity index (χ4n) is 6.08. The van der Waals surface area contributed by atoms with Gasteiger partial charge >= 0.3 is 6.09 Å². The van der Waals surface area contributed by atoms with Crippen molar-refractivity contribution in [3.63, 3.8) is 0 Å². The van der Waals surface area contributed by atoms with Crippen LogP contribution in [0.25, 0.3) is 0 Å². The zero-order chi connectivity index (χ0) is 27.2. The van der Waals surface area contributed by atoms with Crippen LogP contribution in [0.5, 0.6) is 0 Å². The number of benzene rings is 1. The number of Topliss-reactive ketones (excluding diaryl/α,β-unsaturated/α-hetero) is 1. The number of ether oxygens (including phenoxy) is 2. The molecule has 7 atom stereocenters. The smallest absolute Gasteiger partial charge is 0.410 e. The zero-order valence-electron chi connectivity index (χ0n) is 23.1. The summed E-state index contributed by atoms with van der Waals surface area (Å²) in [7, 11) is -1.83. The van der Waals surface area contributed by atoms with Crippen LogP contribution >= 0.6 is 0 Å². The van der Waals surface area contributed by atoms with Gasteiger partial charge in [0.1, 0.15) is 12.4 Å². The lowest BCUT2D eigenvalue weighted by Gasteiger charge is -2.49. The molecule has 0 aromatic heterocycles. The van der Waals surface area contributed by atoms with Crippen molar-refractivity contribution in [3.05, 3.63) is 48.6 Å². The average molecular weight is 532 g/mol. The predicted octanol–water partition coefficient (Wildman–Crippen LogP) is 5.33. The summed E-state index contributed by atoms with van der Waals surface area (Å²) in [5, 5.41) is 11.2. The Balaban J connectivity index is 1.70. The number of likely N-dealkylation sites (tertiary alicyclic amines) is 1. The minimum atomic E-state index is -1.83. The van der Waals surface area contributed by atoms with Crippen molar-refractivity contribution in [3.8, 4) is 0 Å². The number of ketones is 1. The fourth-order valence-corrected chi connectivity index (χ4v) is 9.03. The van der Waals surface area contributed by atoms with Crippen LogP contribution in [0, 0.1) is 11.8 Å². The lowest BCUT2D eigenvalue weighted by Crippen LogP contribution is -2.62. The molecule has 2 aliphatic heterocycles. The Morgan fingerprint density at radius 3 is 2.49 bits per heavy atom. The summed E-state index contributed by atoms with van der Waals surface area (Å²) < 4.78 is 18.4. The predicted molar refractivity (Wildman–Crippen MR) is 147 cm³/mol. The molecule has 1 aromatic carbocycles. The first-order valence-electron chi connectivity index (χ1n) is 13.8. The number of hydrogen-bond donors (Lipinski definition) is 1. The highest BCUT2D eigenvalue weighted by molar-refractivity contribution is 6.73. The Kier molecular flexibility index (Phi) is 10.5. The minimum absolute atomic E-state index is 0.0705. The highest BCUT2D eigenvalue weighted by Crippen LogP contribution is 2.39. The molecular weight excluding hydrogens is 486 g/mol. The summed E-state index contributed by atoms with van der Waals surface area (Å²) in [6, 6.07) is 12.0. The van der Waals surface area contributed by atoms with E-state index in [0.717, 1.165) is 23.7 Å². The molecule has 0 aliphatic carbocycles. The van der Waals surface area contributed by atoms with Crippen molar-refractivity contribution in [2.45, 2.75) is 103 Å². The van der Waals surface area contributed by atoms with Crippen LogP contribution < -0.4 is 0 Å². The van der Waals surface area contributed by atoms with Crippen LogP contribution in [0.1, 0.15) is 53.0 Å². The topological polar surface area (TPSA) is 85.3 Å². The van der Waals surface area contributed by atoms with E-state index in [2.05, 4.69) is 27.4 Å². The lowest BCUT2D eigenvalue weighted by atomic mass is 9.73. The monoisotopic (exact) mass is 531 g/mol. The maximum Gasteiger partial charge on any atom is 0.410 e. The Morgan fingerprint density at radius 1 is 1.24 bits per heavy atom. The summed E-state index contributed by atoms with van der Waals surface area (Å²) in [6.07, 6.45) is 0.300. The number of carbonyl (C=O) groups excluding carboxylic acids is 2. The van der Waals surface area contributed by atoms with E-state index in [1.165, 1.54) is 0 Å². The van der Waals surface area contributed by atoms with Gasteiger partial charge in [0.05, 0.1) is 36.2 Å². The zero-order valence-corrected chi connectivity index (χ0v) is 24.1. The van der Waals surface area contributed by atoms with Gasteiger partial charge in [0.2, 0.25) is 0 Å². The second kappa shape index (κ2) is 13.2. The van der Waals surface area contributed by atoms with E-state index >= 15 is 0 Å². The third-order valence-electron chi connectivity index (χ3n) is 8.39. The van der Waals surface area contributed by atoms with Crippen molar-refractivity contribution in [1.82, 2.24) is 4.90 Å². The Bertz CT molecular complexity index is 899. The maximum absolute atomic E-state index is 13.9. The van der Waals surface area contributed by atoms with E-state index in [-0.39, 0.29) is 24.6 Å². The molecule has 2 fully saturated rings. The molecule has 2 aliphatic rings. The molecule has 2 unspecified atom stereocenters. The molecule has 0 radical (unpaired) electrons. The second-order valence-corrected chi connectivity index (χ2v) is 15.3. The summed E-state index contributed by atoms with van der Waals surface area (Å²) in [4.78, 5) is 28.4. The Morgan fingerprint density at radius 2 is 1.89 bits per heavy atom. The summed E-state index contributed by atoms with van der Waals surface area (Å²) in [5.41, 5.74) is 0.896. The van der Waals surface area contributed by atoms with Crippen LogP contribution in [0.4, 0.5) is 4.79 Å². The molecule has 2 heterocycles. The van der Waals surface area contributed by atoms with Crippen molar-refractivity contribution in [2.75, 3.05) is 6.54 Å². The van der Waals surface area contributed by atoms with Gasteiger partial charge < -0.3 is 23.9 Å². The SMILES string of the molecule is C=C[C@H]1[C@H]2C(=O)C(C(O)C[C@@H](C)O[Si](CC)(CC)CC)[C@@H](C)O[C@H]2CCN1C(=O)OCc1ccccc1. The van der Waals surface area contributed by atoms with Gasteiger partial charge in [-0.05, 0) is 50.4 Å². The molecule has 37 heavy (non-hydrogen) atoms. The highest BCUT2D eigenvalue weighted by atomic mass is 28.4. The molecule has 206 valence electrons. The van der Waals surface area contributed by atoms with Crippen molar-refractivity contribution < 1.29 is 28.6 Å². The molecule has 0 spiro atoms. The van der Waals surface area contributed by atoms with Gasteiger partial charge in [0.15, 0.2) is 8.32 Å². The molecule has 1 N–H and O–H groups in total. The third kappa shape index (κ3) is 6.71. The first-order valence-corrected chi connectivity index (χ1v) is 16.4. The van der Waals surface area contributed by atoms with E-state index < -0.39 is 44.5 Å². The average Bonchev–Trinajstić information content (AvgIpc) is 2.90. The van der Waals surface area contributed by atoms with Crippen LogP contribution in [0.3, 0.4) is 0 Å². The standard InChI is InChI=1S/C29H45NO6Si/c1-7-23-27-25(16-17-30(23)29(33)34-19-22-14-12-11-13-15-22)35-21(6)26(28(27)32)24(31)18-20(5)36-37(8-2,9-3)10-4/h7,11-15,20-21,23-27,31H,1,8-10,16-19H2,2-6H3/t20-,21-,23+,24?,25+,26?,27-/m1/s1. The number of nitrogens with zero attached hydrogens (tertiary/aromatic N) is 1. The van der Waals surface area contributed by atoms with Gasteiger partial charge in [0.25, 0.3) is 0 Å². The van der Waals surface area contributed by atoms with Crippen molar-refractivity contribution in [1.29, 1.82) is 0 Å². The Labute approximate surface area is 223 Å². The van der Waals surface area contributed by atoms with E-state index in [4.69, 9.17) is 13.9 Å². The van der Waals surface area contributed by atoms with Gasteiger partial charge in [0, 0.05) is 12.6 Å².